The molecule has 7 nitrogen and oxygen atoms in total. The van der Waals surface area contributed by atoms with E-state index in [2.05, 4.69) is 12.6 Å². The molecule has 1 atom stereocenters. The highest BCUT2D eigenvalue weighted by Crippen LogP contribution is 2.42. The van der Waals surface area contributed by atoms with Gasteiger partial charge in [-0.05, 0) is 50.2 Å². The zero-order chi connectivity index (χ0) is 24.0. The van der Waals surface area contributed by atoms with Crippen LogP contribution in [0.1, 0.15) is 35.3 Å². The van der Waals surface area contributed by atoms with Gasteiger partial charge in [0.25, 0.3) is 11.8 Å². The van der Waals surface area contributed by atoms with E-state index < -0.39 is 51.5 Å². The lowest BCUT2D eigenvalue weighted by Gasteiger charge is -2.33. The van der Waals surface area contributed by atoms with Gasteiger partial charge in [-0.15, -0.1) is 12.6 Å². The summed E-state index contributed by atoms with van der Waals surface area (Å²) in [4.78, 5) is 27.0. The Morgan fingerprint density at radius 1 is 1.22 bits per heavy atom. The number of benzene rings is 2. The van der Waals surface area contributed by atoms with Crippen molar-refractivity contribution in [3.63, 3.8) is 0 Å². The number of nitrogens with zero attached hydrogens (tertiary/aromatic N) is 3. The second-order valence-electron chi connectivity index (χ2n) is 7.40. The zero-order valence-corrected chi connectivity index (χ0v) is 17.5. The molecule has 32 heavy (non-hydrogen) atoms. The Hall–Kier alpha value is -3.30. The predicted octanol–water partition coefficient (Wildman–Crippen LogP) is 3.68. The maximum absolute atomic E-state index is 14.4. The van der Waals surface area contributed by atoms with Crippen molar-refractivity contribution in [1.82, 2.24) is 5.48 Å². The molecule has 1 fully saturated rings. The number of anilines is 2. The van der Waals surface area contributed by atoms with Crippen LogP contribution < -0.4 is 15.3 Å². The summed E-state index contributed by atoms with van der Waals surface area (Å²) in [5, 5.41) is 17.7. The number of nitriles is 1. The molecule has 0 aromatic heterocycles. The molecule has 1 saturated heterocycles. The number of rotatable bonds is 3. The number of thiol groups is 1. The first-order valence-electron chi connectivity index (χ1n) is 9.01. The molecule has 0 aliphatic carbocycles. The van der Waals surface area contributed by atoms with Gasteiger partial charge in [0.05, 0.1) is 22.8 Å². The van der Waals surface area contributed by atoms with Gasteiger partial charge in [-0.2, -0.15) is 18.4 Å². The lowest BCUT2D eigenvalue weighted by Crippen LogP contribution is -2.45. The highest BCUT2D eigenvalue weighted by Gasteiger charge is 2.51. The van der Waals surface area contributed by atoms with Crippen molar-refractivity contribution in [3.8, 4) is 6.07 Å². The number of alkyl halides is 3. The van der Waals surface area contributed by atoms with Crippen molar-refractivity contribution in [3.05, 3.63) is 58.9 Å². The van der Waals surface area contributed by atoms with Gasteiger partial charge < -0.3 is 4.90 Å². The molecule has 1 aliphatic rings. The molecule has 12 heteroatoms. The lowest BCUT2D eigenvalue weighted by atomic mass is 10.0. The fraction of sp³-hybridized carbons (Fsp3) is 0.250. The summed E-state index contributed by atoms with van der Waals surface area (Å²) in [6.07, 6.45) is -4.82. The molecular weight excluding hydrogens is 452 g/mol. The molecule has 2 amide bonds. The van der Waals surface area contributed by atoms with Crippen LogP contribution in [-0.4, -0.2) is 28.1 Å². The fourth-order valence-corrected chi connectivity index (χ4v) is 4.19. The number of nitrogens with one attached hydrogen (secondary N) is 1. The van der Waals surface area contributed by atoms with Crippen LogP contribution in [0.5, 0.6) is 0 Å². The van der Waals surface area contributed by atoms with E-state index in [0.717, 1.165) is 23.1 Å². The SMILES string of the molecule is CC1(C)C(=O)N(c2ccc(C#N)c(C(F)(F)F)c2)C(S)N1c1ccc(C(=O)NO)c(F)c1. The fourth-order valence-electron chi connectivity index (χ4n) is 3.53. The molecule has 1 heterocycles. The van der Waals surface area contributed by atoms with Crippen molar-refractivity contribution in [2.75, 3.05) is 9.80 Å². The summed E-state index contributed by atoms with van der Waals surface area (Å²) in [7, 11) is 0. The van der Waals surface area contributed by atoms with Crippen molar-refractivity contribution in [1.29, 1.82) is 5.26 Å². The normalized spacial score (nSPS) is 18.0. The van der Waals surface area contributed by atoms with Crippen molar-refractivity contribution >= 4 is 35.8 Å². The van der Waals surface area contributed by atoms with Gasteiger partial charge in [0.15, 0.2) is 5.50 Å². The molecule has 0 spiro atoms. The Morgan fingerprint density at radius 2 is 1.84 bits per heavy atom. The van der Waals surface area contributed by atoms with Crippen LogP contribution in [0, 0.1) is 17.1 Å². The number of hydroxylamine groups is 1. The van der Waals surface area contributed by atoms with Gasteiger partial charge >= 0.3 is 6.18 Å². The van der Waals surface area contributed by atoms with Crippen LogP contribution in [0.15, 0.2) is 36.4 Å². The first kappa shape index (κ1) is 23.4. The summed E-state index contributed by atoms with van der Waals surface area (Å²) >= 11 is 4.40. The van der Waals surface area contributed by atoms with Gasteiger partial charge in [-0.1, -0.05) is 0 Å². The highest BCUT2D eigenvalue weighted by atomic mass is 32.1. The Bertz CT molecular complexity index is 1150. The third kappa shape index (κ3) is 3.74. The first-order chi connectivity index (χ1) is 14.8. The van der Waals surface area contributed by atoms with E-state index in [1.54, 1.807) is 0 Å². The molecule has 2 aromatic carbocycles. The molecule has 0 bridgehead atoms. The first-order valence-corrected chi connectivity index (χ1v) is 9.52. The van der Waals surface area contributed by atoms with E-state index in [1.165, 1.54) is 42.4 Å². The second-order valence-corrected chi connectivity index (χ2v) is 7.86. The molecule has 2 aromatic rings. The number of carbonyl (C=O) groups is 2. The molecule has 3 rings (SSSR count). The third-order valence-corrected chi connectivity index (χ3v) is 5.55. The van der Waals surface area contributed by atoms with Crippen molar-refractivity contribution in [2.45, 2.75) is 31.1 Å². The topological polar surface area (TPSA) is 96.7 Å². The van der Waals surface area contributed by atoms with Crippen LogP contribution in [0.25, 0.3) is 0 Å². The zero-order valence-electron chi connectivity index (χ0n) is 16.6. The third-order valence-electron chi connectivity index (χ3n) is 5.09. The number of amides is 2. The molecule has 0 radical (unpaired) electrons. The standard InChI is InChI=1S/C20H16F4N4O3S/c1-19(2)17(30)27(11-4-3-10(9-25)14(7-11)20(22,23)24)18(32)28(19)12-5-6-13(15(21)8-12)16(29)26-31/h3-8,18,31-32H,1-2H3,(H,26,29). The second kappa shape index (κ2) is 7.99. The molecule has 1 unspecified atom stereocenters. The molecular formula is C20H16F4N4O3S. The lowest BCUT2D eigenvalue weighted by molar-refractivity contribution is -0.137. The van der Waals surface area contributed by atoms with Gasteiger partial charge in [-0.25, -0.2) is 9.87 Å². The van der Waals surface area contributed by atoms with Crippen LogP contribution in [0.4, 0.5) is 28.9 Å². The minimum atomic E-state index is -4.82. The average Bonchev–Trinajstić information content (AvgIpc) is 2.90. The number of hydrogen-bond acceptors (Lipinski definition) is 6. The van der Waals surface area contributed by atoms with Gasteiger partial charge in [0.1, 0.15) is 11.4 Å². The summed E-state index contributed by atoms with van der Waals surface area (Å²) in [5.41, 5.74) is -3.44. The minimum absolute atomic E-state index is 0.127. The summed E-state index contributed by atoms with van der Waals surface area (Å²) in [6.45, 7) is 2.97. The van der Waals surface area contributed by atoms with E-state index in [9.17, 15) is 27.2 Å². The average molecular weight is 468 g/mol. The van der Waals surface area contributed by atoms with Crippen molar-refractivity contribution in [2.24, 2.45) is 0 Å². The number of halogens is 4. The Balaban J connectivity index is 2.08. The Labute approximate surface area is 185 Å². The monoisotopic (exact) mass is 468 g/mol. The van der Waals surface area contributed by atoms with E-state index in [-0.39, 0.29) is 11.4 Å². The molecule has 1 aliphatic heterocycles. The summed E-state index contributed by atoms with van der Waals surface area (Å²) in [6, 6.07) is 7.67. The van der Waals surface area contributed by atoms with Crippen LogP contribution >= 0.6 is 12.6 Å². The largest absolute Gasteiger partial charge is 0.417 e. The van der Waals surface area contributed by atoms with Crippen LogP contribution in [-0.2, 0) is 11.0 Å². The van der Waals surface area contributed by atoms with Gasteiger partial charge in [0, 0.05) is 11.4 Å². The number of carbonyl (C=O) groups excluding carboxylic acids is 2. The maximum Gasteiger partial charge on any atom is 0.417 e. The maximum atomic E-state index is 14.4. The smallest absolute Gasteiger partial charge is 0.328 e. The van der Waals surface area contributed by atoms with Crippen LogP contribution in [0.3, 0.4) is 0 Å². The van der Waals surface area contributed by atoms with Gasteiger partial charge in [0.2, 0.25) is 0 Å². The van der Waals surface area contributed by atoms with E-state index in [4.69, 9.17) is 10.5 Å². The predicted molar refractivity (Wildman–Crippen MR) is 109 cm³/mol. The quantitative estimate of drug-likeness (QED) is 0.276. The summed E-state index contributed by atoms with van der Waals surface area (Å²) in [5.74, 6) is -2.69. The van der Waals surface area contributed by atoms with E-state index in [1.807, 2.05) is 0 Å². The molecule has 2 N–H and O–H groups in total. The molecule has 0 saturated carbocycles. The summed E-state index contributed by atoms with van der Waals surface area (Å²) < 4.78 is 54.6. The van der Waals surface area contributed by atoms with Crippen molar-refractivity contribution < 1.29 is 32.4 Å². The van der Waals surface area contributed by atoms with Crippen LogP contribution in [0.2, 0.25) is 0 Å². The number of hydrogen-bond donors (Lipinski definition) is 3. The minimum Gasteiger partial charge on any atom is -0.328 e. The Morgan fingerprint density at radius 3 is 2.38 bits per heavy atom. The van der Waals surface area contributed by atoms with E-state index >= 15 is 0 Å². The highest BCUT2D eigenvalue weighted by molar-refractivity contribution is 7.81. The Kier molecular flexibility index (Phi) is 5.84. The van der Waals surface area contributed by atoms with Gasteiger partial charge in [-0.3, -0.25) is 19.7 Å². The van der Waals surface area contributed by atoms with E-state index in [0.29, 0.717) is 6.07 Å². The molecule has 168 valence electrons.